The minimum absolute atomic E-state index is 0.109. The Balaban J connectivity index is 1.85. The molecule has 0 aromatic heterocycles. The summed E-state index contributed by atoms with van der Waals surface area (Å²) in [4.78, 5) is 38.1. The number of amides is 1. The number of carbonyl (C=O) groups excluding carboxylic acids is 3. The molecule has 3 rings (SSSR count). The third-order valence-corrected chi connectivity index (χ3v) is 6.18. The van der Waals surface area contributed by atoms with Gasteiger partial charge >= 0.3 is 11.9 Å². The summed E-state index contributed by atoms with van der Waals surface area (Å²) in [6, 6.07) is 16.9. The number of nitrogens with one attached hydrogen (secondary N) is 1. The second kappa shape index (κ2) is 12.3. The maximum Gasteiger partial charge on any atom is 0.337 e. The van der Waals surface area contributed by atoms with Gasteiger partial charge in [0.25, 0.3) is 5.91 Å². The Kier molecular flexibility index (Phi) is 9.17. The van der Waals surface area contributed by atoms with Gasteiger partial charge in [0.05, 0.1) is 32.0 Å². The average Bonchev–Trinajstić information content (AvgIpc) is 2.87. The molecule has 0 atom stereocenters. The number of halogens is 1. The highest BCUT2D eigenvalue weighted by atomic mass is 35.5. The minimum atomic E-state index is -0.645. The van der Waals surface area contributed by atoms with Gasteiger partial charge in [-0.15, -0.1) is 11.8 Å². The van der Waals surface area contributed by atoms with Gasteiger partial charge in [-0.25, -0.2) is 9.59 Å². The van der Waals surface area contributed by atoms with E-state index in [0.29, 0.717) is 28.7 Å². The summed E-state index contributed by atoms with van der Waals surface area (Å²) < 4.78 is 15.2. The van der Waals surface area contributed by atoms with Crippen LogP contribution in [0.25, 0.3) is 0 Å². The van der Waals surface area contributed by atoms with Crippen LogP contribution in [0.3, 0.4) is 0 Å². The van der Waals surface area contributed by atoms with Crippen molar-refractivity contribution in [1.29, 1.82) is 0 Å². The average molecular weight is 514 g/mol. The van der Waals surface area contributed by atoms with Crippen molar-refractivity contribution in [2.45, 2.75) is 17.6 Å². The van der Waals surface area contributed by atoms with Gasteiger partial charge < -0.3 is 19.5 Å². The van der Waals surface area contributed by atoms with Crippen molar-refractivity contribution in [2.24, 2.45) is 0 Å². The summed E-state index contributed by atoms with van der Waals surface area (Å²) in [7, 11) is 2.46. The smallest absolute Gasteiger partial charge is 0.337 e. The lowest BCUT2D eigenvalue weighted by Crippen LogP contribution is -2.14. The molecule has 3 aromatic carbocycles. The number of thioether (sulfide) groups is 1. The molecular formula is C26H24ClNO6S. The monoisotopic (exact) mass is 513 g/mol. The van der Waals surface area contributed by atoms with Crippen molar-refractivity contribution in [3.8, 4) is 5.75 Å². The van der Waals surface area contributed by atoms with Crippen LogP contribution in [0.1, 0.15) is 43.6 Å². The van der Waals surface area contributed by atoms with Crippen molar-refractivity contribution < 1.29 is 28.6 Å². The summed E-state index contributed by atoms with van der Waals surface area (Å²) in [6.45, 7) is 2.38. The summed E-state index contributed by atoms with van der Waals surface area (Å²) in [5.74, 6) is -0.444. The van der Waals surface area contributed by atoms with Crippen LogP contribution in [0.15, 0.2) is 65.6 Å². The third kappa shape index (κ3) is 7.00. The molecule has 0 bridgehead atoms. The standard InChI is InChI=1S/C26H24ClNO6S/c1-4-34-23-10-5-16(11-19(23)15-35-22-8-6-20(27)7-9-22)24(29)28-21-13-17(25(30)32-2)12-18(14-21)26(31)33-3/h5-14H,4,15H2,1-3H3,(H,28,29). The first kappa shape index (κ1) is 26.1. The summed E-state index contributed by atoms with van der Waals surface area (Å²) in [5.41, 5.74) is 1.71. The number of ether oxygens (including phenoxy) is 3. The number of rotatable bonds is 9. The fourth-order valence-corrected chi connectivity index (χ4v) is 4.20. The van der Waals surface area contributed by atoms with Crippen LogP contribution >= 0.6 is 23.4 Å². The highest BCUT2D eigenvalue weighted by Gasteiger charge is 2.17. The molecule has 0 saturated heterocycles. The van der Waals surface area contributed by atoms with E-state index in [1.165, 1.54) is 32.4 Å². The Morgan fingerprint density at radius 2 is 1.49 bits per heavy atom. The number of hydrogen-bond donors (Lipinski definition) is 1. The first-order valence-electron chi connectivity index (χ1n) is 10.6. The molecular weight excluding hydrogens is 490 g/mol. The van der Waals surface area contributed by atoms with Crippen molar-refractivity contribution in [3.63, 3.8) is 0 Å². The predicted molar refractivity (Wildman–Crippen MR) is 136 cm³/mol. The van der Waals surface area contributed by atoms with Gasteiger partial charge in [-0.05, 0) is 67.6 Å². The Morgan fingerprint density at radius 3 is 2.06 bits per heavy atom. The van der Waals surface area contributed by atoms with Gasteiger partial charge in [-0.3, -0.25) is 4.79 Å². The van der Waals surface area contributed by atoms with E-state index in [1.807, 2.05) is 31.2 Å². The Hall–Kier alpha value is -3.49. The molecule has 0 spiro atoms. The molecule has 0 fully saturated rings. The van der Waals surface area contributed by atoms with E-state index < -0.39 is 17.8 Å². The van der Waals surface area contributed by atoms with Crippen LogP contribution < -0.4 is 10.1 Å². The van der Waals surface area contributed by atoms with Crippen LogP contribution in [0, 0.1) is 0 Å². The van der Waals surface area contributed by atoms with Gasteiger partial charge in [-0.1, -0.05) is 11.6 Å². The highest BCUT2D eigenvalue weighted by molar-refractivity contribution is 7.98. The summed E-state index contributed by atoms with van der Waals surface area (Å²) >= 11 is 7.55. The predicted octanol–water partition coefficient (Wildman–Crippen LogP) is 5.86. The van der Waals surface area contributed by atoms with Crippen molar-refractivity contribution in [3.05, 3.63) is 87.9 Å². The van der Waals surface area contributed by atoms with E-state index in [1.54, 1.807) is 30.0 Å². The summed E-state index contributed by atoms with van der Waals surface area (Å²) in [6.07, 6.45) is 0. The molecule has 1 amide bonds. The largest absolute Gasteiger partial charge is 0.494 e. The Bertz CT molecular complexity index is 1190. The molecule has 0 aliphatic carbocycles. The number of carbonyl (C=O) groups is 3. The van der Waals surface area contributed by atoms with Gasteiger partial charge in [0.2, 0.25) is 0 Å². The lowest BCUT2D eigenvalue weighted by atomic mass is 10.1. The van der Waals surface area contributed by atoms with Crippen LogP contribution in [-0.2, 0) is 15.2 Å². The van der Waals surface area contributed by atoms with Crippen molar-refractivity contribution in [1.82, 2.24) is 0 Å². The fourth-order valence-electron chi connectivity index (χ4n) is 3.20. The van der Waals surface area contributed by atoms with Crippen molar-refractivity contribution >= 4 is 46.9 Å². The van der Waals surface area contributed by atoms with E-state index >= 15 is 0 Å². The number of benzene rings is 3. The highest BCUT2D eigenvalue weighted by Crippen LogP contribution is 2.30. The molecule has 1 N–H and O–H groups in total. The van der Waals surface area contributed by atoms with Gasteiger partial charge in [0.15, 0.2) is 0 Å². The fraction of sp³-hybridized carbons (Fsp3) is 0.192. The molecule has 9 heteroatoms. The van der Waals surface area contributed by atoms with Crippen LogP contribution in [0.2, 0.25) is 5.02 Å². The zero-order chi connectivity index (χ0) is 25.4. The molecule has 0 aliphatic heterocycles. The van der Waals surface area contributed by atoms with Crippen molar-refractivity contribution in [2.75, 3.05) is 26.1 Å². The number of methoxy groups -OCH3 is 2. The van der Waals surface area contributed by atoms with E-state index in [4.69, 9.17) is 25.8 Å². The van der Waals surface area contributed by atoms with E-state index in [0.717, 1.165) is 10.5 Å². The quantitative estimate of drug-likeness (QED) is 0.283. The first-order valence-corrected chi connectivity index (χ1v) is 12.0. The molecule has 3 aromatic rings. The number of hydrogen-bond acceptors (Lipinski definition) is 7. The zero-order valence-corrected chi connectivity index (χ0v) is 21.0. The molecule has 182 valence electrons. The number of anilines is 1. The van der Waals surface area contributed by atoms with E-state index in [2.05, 4.69) is 5.32 Å². The summed E-state index contributed by atoms with van der Waals surface area (Å²) in [5, 5.41) is 3.40. The minimum Gasteiger partial charge on any atom is -0.494 e. The van der Waals surface area contributed by atoms with Gasteiger partial charge in [0.1, 0.15) is 5.75 Å². The van der Waals surface area contributed by atoms with Crippen LogP contribution in [0.4, 0.5) is 5.69 Å². The normalized spacial score (nSPS) is 10.4. The van der Waals surface area contributed by atoms with E-state index in [9.17, 15) is 14.4 Å². The topological polar surface area (TPSA) is 90.9 Å². The molecule has 0 unspecified atom stereocenters. The first-order chi connectivity index (χ1) is 16.8. The Labute approximate surface area is 212 Å². The molecule has 0 radical (unpaired) electrons. The second-order valence-corrected chi connectivity index (χ2v) is 8.72. The maximum atomic E-state index is 13.0. The lowest BCUT2D eigenvalue weighted by molar-refractivity contribution is 0.0599. The second-order valence-electron chi connectivity index (χ2n) is 7.23. The lowest BCUT2D eigenvalue weighted by Gasteiger charge is -2.13. The maximum absolute atomic E-state index is 13.0. The number of esters is 2. The Morgan fingerprint density at radius 1 is 0.857 bits per heavy atom. The molecule has 0 heterocycles. The molecule has 7 nitrogen and oxygen atoms in total. The molecule has 0 aliphatic rings. The van der Waals surface area contributed by atoms with Gasteiger partial charge in [0, 0.05) is 32.5 Å². The SMILES string of the molecule is CCOc1ccc(C(=O)Nc2cc(C(=O)OC)cc(C(=O)OC)c2)cc1CSc1ccc(Cl)cc1. The molecule has 0 saturated carbocycles. The third-order valence-electron chi connectivity index (χ3n) is 4.86. The van der Waals surface area contributed by atoms with Crippen LogP contribution in [-0.4, -0.2) is 38.7 Å². The van der Waals surface area contributed by atoms with Crippen LogP contribution in [0.5, 0.6) is 5.75 Å². The van der Waals surface area contributed by atoms with E-state index in [-0.39, 0.29) is 16.8 Å². The van der Waals surface area contributed by atoms with Gasteiger partial charge in [-0.2, -0.15) is 0 Å². The zero-order valence-electron chi connectivity index (χ0n) is 19.4. The molecule has 35 heavy (non-hydrogen) atoms.